The molecule has 0 unspecified atom stereocenters. The molecule has 0 aliphatic carbocycles. The molecule has 0 amide bonds. The van der Waals surface area contributed by atoms with Crippen molar-refractivity contribution in [1.29, 1.82) is 0 Å². The lowest BCUT2D eigenvalue weighted by Gasteiger charge is -2.12. The Bertz CT molecular complexity index is 601. The molecule has 1 rings (SSSR count). The molecule has 0 saturated carbocycles. The number of benzene rings is 1. The van der Waals surface area contributed by atoms with Gasteiger partial charge in [0, 0.05) is 5.56 Å². The molecule has 20 heavy (non-hydrogen) atoms. The van der Waals surface area contributed by atoms with Crippen LogP contribution in [-0.2, 0) is 10.0 Å². The van der Waals surface area contributed by atoms with E-state index < -0.39 is 10.0 Å². The number of unbranched alkanes of at least 4 members (excludes halogenated alkanes) is 1. The Kier molecular flexibility index (Phi) is 6.36. The van der Waals surface area contributed by atoms with E-state index in [1.807, 2.05) is 6.92 Å². The summed E-state index contributed by atoms with van der Waals surface area (Å²) in [5.74, 6) is 6.14. The summed E-state index contributed by atoms with van der Waals surface area (Å²) in [6.45, 7) is 2.20. The summed E-state index contributed by atoms with van der Waals surface area (Å²) in [4.78, 5) is 0. The van der Waals surface area contributed by atoms with Crippen LogP contribution in [0.4, 0.5) is 5.69 Å². The Balaban J connectivity index is 3.02. The van der Waals surface area contributed by atoms with E-state index in [1.54, 1.807) is 18.2 Å². The minimum Gasteiger partial charge on any atom is -0.495 e. The van der Waals surface area contributed by atoms with Crippen LogP contribution in [-0.4, -0.2) is 27.8 Å². The van der Waals surface area contributed by atoms with Crippen molar-refractivity contribution >= 4 is 15.7 Å². The van der Waals surface area contributed by atoms with Gasteiger partial charge in [-0.1, -0.05) is 25.2 Å². The van der Waals surface area contributed by atoms with Crippen molar-refractivity contribution in [3.05, 3.63) is 23.8 Å². The first-order valence-corrected chi connectivity index (χ1v) is 8.05. The highest BCUT2D eigenvalue weighted by atomic mass is 32.2. The molecule has 3 N–H and O–H groups in total. The molecule has 0 saturated heterocycles. The fraction of sp³-hybridized carbons (Fsp3) is 0.429. The third-order valence-electron chi connectivity index (χ3n) is 2.57. The van der Waals surface area contributed by atoms with E-state index in [0.29, 0.717) is 23.4 Å². The maximum atomic E-state index is 11.9. The SMILES string of the molecule is CCCCS(=O)(=O)Nc1cc(C#CCN)ccc1OC. The van der Waals surface area contributed by atoms with Gasteiger partial charge in [0.15, 0.2) is 0 Å². The van der Waals surface area contributed by atoms with Crippen molar-refractivity contribution in [3.63, 3.8) is 0 Å². The number of rotatable bonds is 6. The van der Waals surface area contributed by atoms with Crippen LogP contribution < -0.4 is 15.2 Å². The molecule has 110 valence electrons. The highest BCUT2D eigenvalue weighted by molar-refractivity contribution is 7.92. The first-order valence-electron chi connectivity index (χ1n) is 6.40. The maximum absolute atomic E-state index is 11.9. The third kappa shape index (κ3) is 5.11. The zero-order chi connectivity index (χ0) is 15.0. The average Bonchev–Trinajstić information content (AvgIpc) is 2.43. The number of nitrogens with two attached hydrogens (primary N) is 1. The van der Waals surface area contributed by atoms with Gasteiger partial charge in [0.05, 0.1) is 25.1 Å². The van der Waals surface area contributed by atoms with Crippen molar-refractivity contribution in [1.82, 2.24) is 0 Å². The molecule has 0 radical (unpaired) electrons. The molecule has 0 fully saturated rings. The monoisotopic (exact) mass is 296 g/mol. The summed E-state index contributed by atoms with van der Waals surface area (Å²) in [6.07, 6.45) is 1.43. The topological polar surface area (TPSA) is 81.4 Å². The van der Waals surface area contributed by atoms with E-state index in [0.717, 1.165) is 6.42 Å². The zero-order valence-electron chi connectivity index (χ0n) is 11.8. The van der Waals surface area contributed by atoms with Gasteiger partial charge in [0.25, 0.3) is 0 Å². The Hall–Kier alpha value is -1.71. The van der Waals surface area contributed by atoms with Crippen molar-refractivity contribution in [3.8, 4) is 17.6 Å². The maximum Gasteiger partial charge on any atom is 0.232 e. The Morgan fingerprint density at radius 1 is 1.40 bits per heavy atom. The van der Waals surface area contributed by atoms with E-state index >= 15 is 0 Å². The molecule has 0 bridgehead atoms. The molecule has 0 aliphatic heterocycles. The molecular formula is C14H20N2O3S. The number of ether oxygens (including phenoxy) is 1. The predicted molar refractivity (Wildman–Crippen MR) is 81.2 cm³/mol. The Labute approximate surface area is 120 Å². The summed E-state index contributed by atoms with van der Waals surface area (Å²) < 4.78 is 31.6. The molecular weight excluding hydrogens is 276 g/mol. The van der Waals surface area contributed by atoms with Crippen molar-refractivity contribution < 1.29 is 13.2 Å². The quantitative estimate of drug-likeness (QED) is 0.780. The standard InChI is InChI=1S/C14H20N2O3S/c1-3-4-10-20(17,18)16-13-11-12(6-5-9-15)7-8-14(13)19-2/h7-8,11,16H,3-4,9-10,15H2,1-2H3. The van der Waals surface area contributed by atoms with Gasteiger partial charge in [-0.2, -0.15) is 0 Å². The van der Waals surface area contributed by atoms with E-state index in [9.17, 15) is 8.42 Å². The fourth-order valence-corrected chi connectivity index (χ4v) is 2.84. The lowest BCUT2D eigenvalue weighted by Crippen LogP contribution is -2.17. The first-order chi connectivity index (χ1) is 9.52. The van der Waals surface area contributed by atoms with E-state index in [1.165, 1.54) is 7.11 Å². The average molecular weight is 296 g/mol. The molecule has 6 heteroatoms. The lowest BCUT2D eigenvalue weighted by atomic mass is 10.2. The third-order valence-corrected chi connectivity index (χ3v) is 3.92. The number of hydrogen-bond acceptors (Lipinski definition) is 4. The van der Waals surface area contributed by atoms with Gasteiger partial charge >= 0.3 is 0 Å². The number of anilines is 1. The minimum absolute atomic E-state index is 0.0887. The van der Waals surface area contributed by atoms with E-state index in [-0.39, 0.29) is 12.3 Å². The lowest BCUT2D eigenvalue weighted by molar-refractivity contribution is 0.417. The molecule has 1 aromatic carbocycles. The van der Waals surface area contributed by atoms with Gasteiger partial charge in [-0.05, 0) is 24.6 Å². The smallest absolute Gasteiger partial charge is 0.232 e. The summed E-state index contributed by atoms with van der Waals surface area (Å²) in [5.41, 5.74) is 6.40. The fourth-order valence-electron chi connectivity index (χ4n) is 1.57. The van der Waals surface area contributed by atoms with Gasteiger partial charge in [-0.15, -0.1) is 0 Å². The minimum atomic E-state index is -3.37. The van der Waals surface area contributed by atoms with Crippen LogP contribution in [0.3, 0.4) is 0 Å². The highest BCUT2D eigenvalue weighted by Crippen LogP contribution is 2.26. The second-order valence-electron chi connectivity index (χ2n) is 4.20. The first kappa shape index (κ1) is 16.3. The van der Waals surface area contributed by atoms with Crippen LogP contribution in [0.5, 0.6) is 5.75 Å². The molecule has 0 aromatic heterocycles. The van der Waals surface area contributed by atoms with E-state index in [4.69, 9.17) is 10.5 Å². The zero-order valence-corrected chi connectivity index (χ0v) is 12.6. The number of sulfonamides is 1. The van der Waals surface area contributed by atoms with Crippen LogP contribution in [0.2, 0.25) is 0 Å². The molecule has 0 atom stereocenters. The number of methoxy groups -OCH3 is 1. The predicted octanol–water partition coefficient (Wildman–Crippen LogP) is 1.55. The summed E-state index contributed by atoms with van der Waals surface area (Å²) in [5, 5.41) is 0. The summed E-state index contributed by atoms with van der Waals surface area (Å²) >= 11 is 0. The van der Waals surface area contributed by atoms with Gasteiger partial charge in [0.1, 0.15) is 5.75 Å². The molecule has 5 nitrogen and oxygen atoms in total. The van der Waals surface area contributed by atoms with Crippen LogP contribution in [0.25, 0.3) is 0 Å². The number of nitrogens with one attached hydrogen (secondary N) is 1. The Morgan fingerprint density at radius 2 is 2.15 bits per heavy atom. The van der Waals surface area contributed by atoms with Gasteiger partial charge in [-0.3, -0.25) is 4.72 Å². The van der Waals surface area contributed by atoms with Crippen molar-refractivity contribution in [2.24, 2.45) is 5.73 Å². The second-order valence-corrected chi connectivity index (χ2v) is 6.04. The summed E-state index contributed by atoms with van der Waals surface area (Å²) in [6, 6.07) is 5.08. The Morgan fingerprint density at radius 3 is 2.75 bits per heavy atom. The largest absolute Gasteiger partial charge is 0.495 e. The molecule has 1 aromatic rings. The van der Waals surface area contributed by atoms with E-state index in [2.05, 4.69) is 16.6 Å². The second kappa shape index (κ2) is 7.78. The van der Waals surface area contributed by atoms with Crippen LogP contribution in [0, 0.1) is 11.8 Å². The van der Waals surface area contributed by atoms with Crippen molar-refractivity contribution in [2.75, 3.05) is 24.1 Å². The molecule has 0 aliphatic rings. The van der Waals surface area contributed by atoms with Crippen LogP contribution >= 0.6 is 0 Å². The molecule has 0 heterocycles. The molecule has 0 spiro atoms. The normalized spacial score (nSPS) is 10.6. The van der Waals surface area contributed by atoms with Crippen LogP contribution in [0.1, 0.15) is 25.3 Å². The van der Waals surface area contributed by atoms with Gasteiger partial charge < -0.3 is 10.5 Å². The van der Waals surface area contributed by atoms with Gasteiger partial charge in [-0.25, -0.2) is 8.42 Å². The number of hydrogen-bond donors (Lipinski definition) is 2. The van der Waals surface area contributed by atoms with Crippen molar-refractivity contribution in [2.45, 2.75) is 19.8 Å². The van der Waals surface area contributed by atoms with Crippen LogP contribution in [0.15, 0.2) is 18.2 Å². The highest BCUT2D eigenvalue weighted by Gasteiger charge is 2.13. The van der Waals surface area contributed by atoms with Gasteiger partial charge in [0.2, 0.25) is 10.0 Å². The summed E-state index contributed by atoms with van der Waals surface area (Å²) in [7, 11) is -1.88.